The van der Waals surface area contributed by atoms with Crippen molar-refractivity contribution in [3.05, 3.63) is 20.2 Å². The number of nitrogens with one attached hydrogen (secondary N) is 1. The number of H-pyrrole nitrogens is 1. The molecule has 2 N–H and O–H groups in total. The third kappa shape index (κ3) is 0.972. The molecule has 0 bridgehead atoms. The zero-order valence-corrected chi connectivity index (χ0v) is 6.98. The summed E-state index contributed by atoms with van der Waals surface area (Å²) in [5, 5.41) is 8.76. The van der Waals surface area contributed by atoms with Gasteiger partial charge in [-0.1, -0.05) is 11.3 Å². The number of aromatic amines is 1. The standard InChI is InChI=1S/C7H7NO3S/c9-6(10)3-1-2-4-5(3)12-7(11)8-4/h3H,1-2H2,(H,8,11)(H,9,10). The molecule has 1 atom stereocenters. The number of thiazole rings is 1. The van der Waals surface area contributed by atoms with E-state index in [-0.39, 0.29) is 4.87 Å². The van der Waals surface area contributed by atoms with Crippen molar-refractivity contribution in [3.8, 4) is 0 Å². The minimum absolute atomic E-state index is 0.147. The van der Waals surface area contributed by atoms with Crippen LogP contribution >= 0.6 is 11.3 Å². The van der Waals surface area contributed by atoms with Crippen molar-refractivity contribution in [2.75, 3.05) is 0 Å². The van der Waals surface area contributed by atoms with Crippen LogP contribution in [0.15, 0.2) is 4.79 Å². The first-order chi connectivity index (χ1) is 5.68. The molecule has 0 radical (unpaired) electrons. The van der Waals surface area contributed by atoms with E-state index in [0.717, 1.165) is 17.0 Å². The van der Waals surface area contributed by atoms with Crippen LogP contribution in [0.4, 0.5) is 0 Å². The zero-order chi connectivity index (χ0) is 8.72. The molecule has 64 valence electrons. The number of carboxylic acids is 1. The summed E-state index contributed by atoms with van der Waals surface area (Å²) in [5.74, 6) is -1.28. The Morgan fingerprint density at radius 3 is 3.08 bits per heavy atom. The van der Waals surface area contributed by atoms with Gasteiger partial charge in [0.25, 0.3) is 0 Å². The maximum absolute atomic E-state index is 10.8. The van der Waals surface area contributed by atoms with Crippen molar-refractivity contribution in [1.29, 1.82) is 0 Å². The molecule has 4 nitrogen and oxygen atoms in total. The molecule has 1 aliphatic rings. The van der Waals surface area contributed by atoms with Crippen LogP contribution in [0.2, 0.25) is 0 Å². The van der Waals surface area contributed by atoms with E-state index >= 15 is 0 Å². The molecule has 0 aromatic carbocycles. The normalized spacial score (nSPS) is 20.8. The highest BCUT2D eigenvalue weighted by molar-refractivity contribution is 7.09. The van der Waals surface area contributed by atoms with Gasteiger partial charge in [-0.15, -0.1) is 0 Å². The molecule has 0 saturated heterocycles. The average Bonchev–Trinajstić information content (AvgIpc) is 2.43. The molecule has 0 saturated carbocycles. The van der Waals surface area contributed by atoms with Crippen molar-refractivity contribution in [3.63, 3.8) is 0 Å². The first-order valence-corrected chi connectivity index (χ1v) is 4.45. The van der Waals surface area contributed by atoms with Gasteiger partial charge in [0, 0.05) is 10.6 Å². The lowest BCUT2D eigenvalue weighted by Crippen LogP contribution is -2.06. The molecule has 0 amide bonds. The van der Waals surface area contributed by atoms with Gasteiger partial charge in [0.15, 0.2) is 0 Å². The third-order valence-electron chi connectivity index (χ3n) is 2.05. The van der Waals surface area contributed by atoms with E-state index in [9.17, 15) is 9.59 Å². The minimum atomic E-state index is -0.830. The van der Waals surface area contributed by atoms with E-state index in [1.54, 1.807) is 0 Å². The summed E-state index contributed by atoms with van der Waals surface area (Å²) in [7, 11) is 0. The largest absolute Gasteiger partial charge is 0.481 e. The fourth-order valence-electron chi connectivity index (χ4n) is 1.49. The smallest absolute Gasteiger partial charge is 0.311 e. The second-order valence-corrected chi connectivity index (χ2v) is 3.80. The summed E-state index contributed by atoms with van der Waals surface area (Å²) in [6.07, 6.45) is 1.30. The second-order valence-electron chi connectivity index (χ2n) is 2.79. The summed E-state index contributed by atoms with van der Waals surface area (Å²) in [6, 6.07) is 0. The maximum Gasteiger partial charge on any atom is 0.311 e. The lowest BCUT2D eigenvalue weighted by molar-refractivity contribution is -0.138. The molecular weight excluding hydrogens is 178 g/mol. The maximum atomic E-state index is 10.8. The quantitative estimate of drug-likeness (QED) is 0.671. The summed E-state index contributed by atoms with van der Waals surface area (Å²) < 4.78 is 0. The lowest BCUT2D eigenvalue weighted by Gasteiger charge is -1.99. The van der Waals surface area contributed by atoms with Crippen LogP contribution in [0.25, 0.3) is 0 Å². The average molecular weight is 185 g/mol. The summed E-state index contributed by atoms with van der Waals surface area (Å²) in [6.45, 7) is 0. The molecule has 1 aromatic rings. The Kier molecular flexibility index (Phi) is 1.54. The Hall–Kier alpha value is -1.10. The summed E-state index contributed by atoms with van der Waals surface area (Å²) in [4.78, 5) is 24.7. The number of aromatic nitrogens is 1. The van der Waals surface area contributed by atoms with Crippen LogP contribution < -0.4 is 4.87 Å². The van der Waals surface area contributed by atoms with Gasteiger partial charge < -0.3 is 10.1 Å². The predicted octanol–water partition coefficient (Wildman–Crippen LogP) is 0.551. The fraction of sp³-hybridized carbons (Fsp3) is 0.429. The number of aryl methyl sites for hydroxylation is 1. The van der Waals surface area contributed by atoms with E-state index in [2.05, 4.69) is 4.98 Å². The first-order valence-electron chi connectivity index (χ1n) is 3.63. The van der Waals surface area contributed by atoms with E-state index < -0.39 is 11.9 Å². The number of hydrogen-bond donors (Lipinski definition) is 2. The summed E-state index contributed by atoms with van der Waals surface area (Å²) in [5.41, 5.74) is 0.817. The predicted molar refractivity (Wildman–Crippen MR) is 43.6 cm³/mol. The van der Waals surface area contributed by atoms with Crippen LogP contribution in [0.1, 0.15) is 22.9 Å². The Morgan fingerprint density at radius 2 is 2.42 bits per heavy atom. The molecule has 12 heavy (non-hydrogen) atoms. The molecule has 0 fully saturated rings. The molecule has 1 heterocycles. The van der Waals surface area contributed by atoms with E-state index in [1.807, 2.05) is 0 Å². The number of fused-ring (bicyclic) bond motifs is 1. The summed E-state index contributed by atoms with van der Waals surface area (Å²) >= 11 is 1.02. The fourth-order valence-corrected chi connectivity index (χ4v) is 2.51. The van der Waals surface area contributed by atoms with Gasteiger partial charge in [-0.3, -0.25) is 9.59 Å². The number of aliphatic carboxylic acids is 1. The van der Waals surface area contributed by atoms with Crippen molar-refractivity contribution in [2.24, 2.45) is 0 Å². The van der Waals surface area contributed by atoms with Gasteiger partial charge in [-0.2, -0.15) is 0 Å². The SMILES string of the molecule is O=C(O)C1CCc2[nH]c(=O)sc21. The van der Waals surface area contributed by atoms with Gasteiger partial charge in [0.05, 0.1) is 5.92 Å². The van der Waals surface area contributed by atoms with Crippen LogP contribution in [0.3, 0.4) is 0 Å². The Bertz CT molecular complexity index is 378. The Morgan fingerprint density at radius 1 is 1.67 bits per heavy atom. The van der Waals surface area contributed by atoms with Crippen molar-refractivity contribution >= 4 is 17.3 Å². The first kappa shape index (κ1) is 7.54. The van der Waals surface area contributed by atoms with E-state index in [0.29, 0.717) is 17.7 Å². The van der Waals surface area contributed by atoms with Crippen molar-refractivity contribution < 1.29 is 9.90 Å². The molecular formula is C7H7NO3S. The minimum Gasteiger partial charge on any atom is -0.481 e. The molecule has 1 aromatic heterocycles. The van der Waals surface area contributed by atoms with Gasteiger partial charge in [0.2, 0.25) is 0 Å². The number of rotatable bonds is 1. The number of carbonyl (C=O) groups is 1. The lowest BCUT2D eigenvalue weighted by atomic mass is 10.1. The third-order valence-corrected chi connectivity index (χ3v) is 3.09. The highest BCUT2D eigenvalue weighted by Gasteiger charge is 2.30. The van der Waals surface area contributed by atoms with Gasteiger partial charge in [0.1, 0.15) is 0 Å². The van der Waals surface area contributed by atoms with Gasteiger partial charge in [-0.05, 0) is 12.8 Å². The highest BCUT2D eigenvalue weighted by atomic mass is 32.1. The molecule has 2 rings (SSSR count). The van der Waals surface area contributed by atoms with E-state index in [1.165, 1.54) is 0 Å². The molecule has 0 aliphatic heterocycles. The topological polar surface area (TPSA) is 70.2 Å². The van der Waals surface area contributed by atoms with Crippen LogP contribution in [-0.2, 0) is 11.2 Å². The molecule has 0 spiro atoms. The van der Waals surface area contributed by atoms with Crippen LogP contribution in [0.5, 0.6) is 0 Å². The zero-order valence-electron chi connectivity index (χ0n) is 6.16. The monoisotopic (exact) mass is 185 g/mol. The molecule has 1 unspecified atom stereocenters. The molecule has 1 aliphatic carbocycles. The van der Waals surface area contributed by atoms with Crippen LogP contribution in [-0.4, -0.2) is 16.1 Å². The van der Waals surface area contributed by atoms with Crippen molar-refractivity contribution in [2.45, 2.75) is 18.8 Å². The second kappa shape index (κ2) is 2.45. The highest BCUT2D eigenvalue weighted by Crippen LogP contribution is 2.33. The van der Waals surface area contributed by atoms with Gasteiger partial charge >= 0.3 is 10.8 Å². The molecule has 5 heteroatoms. The van der Waals surface area contributed by atoms with Crippen LogP contribution in [0, 0.1) is 0 Å². The Labute approximate surface area is 71.9 Å². The van der Waals surface area contributed by atoms with Gasteiger partial charge in [-0.25, -0.2) is 0 Å². The van der Waals surface area contributed by atoms with Crippen molar-refractivity contribution in [1.82, 2.24) is 4.98 Å². The Balaban J connectivity index is 2.47. The van der Waals surface area contributed by atoms with E-state index in [4.69, 9.17) is 5.11 Å². The number of carboxylic acid groups (broad SMARTS) is 1. The number of hydrogen-bond acceptors (Lipinski definition) is 3.